The van der Waals surface area contributed by atoms with Gasteiger partial charge in [0.1, 0.15) is 0 Å². The van der Waals surface area contributed by atoms with E-state index in [1.54, 1.807) is 0 Å². The fraction of sp³-hybridized carbons (Fsp3) is 0.632. The summed E-state index contributed by atoms with van der Waals surface area (Å²) < 4.78 is 1.95. The van der Waals surface area contributed by atoms with E-state index in [0.717, 1.165) is 51.4 Å². The van der Waals surface area contributed by atoms with Crippen LogP contribution >= 0.6 is 35.3 Å². The van der Waals surface area contributed by atoms with Gasteiger partial charge in [-0.15, -0.1) is 35.3 Å². The number of thiazole rings is 1. The number of aryl methyl sites for hydroxylation is 4. The first kappa shape index (κ1) is 22.1. The summed E-state index contributed by atoms with van der Waals surface area (Å²) in [7, 11) is 0. The maximum Gasteiger partial charge on any atom is 0.191 e. The van der Waals surface area contributed by atoms with Crippen molar-refractivity contribution in [2.24, 2.45) is 4.99 Å². The predicted molar refractivity (Wildman–Crippen MR) is 123 cm³/mol. The highest BCUT2D eigenvalue weighted by molar-refractivity contribution is 14.0. The summed E-state index contributed by atoms with van der Waals surface area (Å²) in [6.07, 6.45) is 12.0. The number of fused-ring (bicyclic) bond motifs is 1. The van der Waals surface area contributed by atoms with Crippen LogP contribution in [-0.4, -0.2) is 40.4 Å². The van der Waals surface area contributed by atoms with Crippen molar-refractivity contribution in [3.8, 4) is 0 Å². The number of nitrogens with one attached hydrogen (secondary N) is 2. The molecule has 0 radical (unpaired) electrons. The lowest BCUT2D eigenvalue weighted by Gasteiger charge is -2.10. The standard InChI is InChI=1S/C19H30N6S.HI/c1-2-20-19(22-12-6-14-25-15-7-13-23-25)21-11-5-10-18-24-16-8-3-4-9-17(16)26-18;/h7,13,15H,2-6,8-12,14H2,1H3,(H2,20,21,22);1H. The van der Waals surface area contributed by atoms with Crippen molar-refractivity contribution in [3.05, 3.63) is 34.0 Å². The monoisotopic (exact) mass is 502 g/mol. The molecule has 150 valence electrons. The Morgan fingerprint density at radius 3 is 2.93 bits per heavy atom. The fourth-order valence-corrected chi connectivity index (χ4v) is 4.36. The van der Waals surface area contributed by atoms with Crippen molar-refractivity contribution in [1.29, 1.82) is 0 Å². The van der Waals surface area contributed by atoms with Crippen molar-refractivity contribution in [2.45, 2.75) is 58.4 Å². The Morgan fingerprint density at radius 2 is 2.15 bits per heavy atom. The lowest BCUT2D eigenvalue weighted by Crippen LogP contribution is -2.38. The van der Waals surface area contributed by atoms with Crippen LogP contribution in [-0.2, 0) is 25.8 Å². The minimum absolute atomic E-state index is 0. The van der Waals surface area contributed by atoms with E-state index in [4.69, 9.17) is 4.98 Å². The van der Waals surface area contributed by atoms with Gasteiger partial charge in [-0.1, -0.05) is 0 Å². The largest absolute Gasteiger partial charge is 0.357 e. The molecule has 2 aromatic rings. The van der Waals surface area contributed by atoms with Crippen molar-refractivity contribution >= 4 is 41.3 Å². The van der Waals surface area contributed by atoms with Crippen LogP contribution in [0.2, 0.25) is 0 Å². The summed E-state index contributed by atoms with van der Waals surface area (Å²) >= 11 is 1.93. The van der Waals surface area contributed by atoms with Gasteiger partial charge in [-0.3, -0.25) is 9.67 Å². The first-order valence-electron chi connectivity index (χ1n) is 9.82. The Hall–Kier alpha value is -1.16. The second kappa shape index (κ2) is 12.3. The molecule has 0 aliphatic heterocycles. The number of hydrogen-bond donors (Lipinski definition) is 2. The van der Waals surface area contributed by atoms with E-state index in [1.807, 2.05) is 34.5 Å². The highest BCUT2D eigenvalue weighted by Crippen LogP contribution is 2.27. The van der Waals surface area contributed by atoms with Crippen LogP contribution in [0.4, 0.5) is 0 Å². The average Bonchev–Trinajstić information content (AvgIpc) is 3.31. The third kappa shape index (κ3) is 7.40. The zero-order valence-electron chi connectivity index (χ0n) is 16.1. The van der Waals surface area contributed by atoms with Gasteiger partial charge in [-0.05, 0) is 51.5 Å². The molecule has 0 atom stereocenters. The van der Waals surface area contributed by atoms with Gasteiger partial charge in [0.15, 0.2) is 5.96 Å². The van der Waals surface area contributed by atoms with Crippen LogP contribution in [0.5, 0.6) is 0 Å². The van der Waals surface area contributed by atoms with Crippen molar-refractivity contribution < 1.29 is 0 Å². The van der Waals surface area contributed by atoms with Gasteiger partial charge in [0, 0.05) is 49.9 Å². The summed E-state index contributed by atoms with van der Waals surface area (Å²) in [5, 5.41) is 12.3. The van der Waals surface area contributed by atoms with Crippen molar-refractivity contribution in [2.75, 3.05) is 19.6 Å². The normalized spacial score (nSPS) is 13.7. The van der Waals surface area contributed by atoms with Crippen molar-refractivity contribution in [1.82, 2.24) is 25.4 Å². The molecule has 1 aliphatic rings. The molecular formula is C19H31IN6S. The lowest BCUT2D eigenvalue weighted by atomic mass is 10.0. The first-order chi connectivity index (χ1) is 12.8. The number of aromatic nitrogens is 3. The third-order valence-corrected chi connectivity index (χ3v) is 5.69. The number of guanidine groups is 1. The second-order valence-corrected chi connectivity index (χ2v) is 7.77. The second-order valence-electron chi connectivity index (χ2n) is 6.60. The van der Waals surface area contributed by atoms with E-state index < -0.39 is 0 Å². The lowest BCUT2D eigenvalue weighted by molar-refractivity contribution is 0.583. The van der Waals surface area contributed by atoms with E-state index in [2.05, 4.69) is 27.6 Å². The van der Waals surface area contributed by atoms with Crippen LogP contribution in [0.15, 0.2) is 23.5 Å². The van der Waals surface area contributed by atoms with Gasteiger partial charge >= 0.3 is 0 Å². The summed E-state index contributed by atoms with van der Waals surface area (Å²) in [5.41, 5.74) is 1.37. The molecule has 2 aromatic heterocycles. The Bertz CT molecular complexity index is 659. The van der Waals surface area contributed by atoms with Gasteiger partial charge in [0.2, 0.25) is 0 Å². The molecule has 0 fully saturated rings. The quantitative estimate of drug-likeness (QED) is 0.239. The maximum atomic E-state index is 4.83. The molecule has 6 nitrogen and oxygen atoms in total. The summed E-state index contributed by atoms with van der Waals surface area (Å²) in [6, 6.07) is 1.95. The number of rotatable bonds is 9. The van der Waals surface area contributed by atoms with Gasteiger partial charge in [-0.2, -0.15) is 5.10 Å². The Balaban J connectivity index is 0.00000261. The molecule has 0 spiro atoms. The summed E-state index contributed by atoms with van der Waals surface area (Å²) in [6.45, 7) is 5.61. The van der Waals surface area contributed by atoms with Gasteiger partial charge < -0.3 is 10.6 Å². The fourth-order valence-electron chi connectivity index (χ4n) is 3.16. The zero-order chi connectivity index (χ0) is 18.0. The molecule has 0 amide bonds. The van der Waals surface area contributed by atoms with Gasteiger partial charge in [0.25, 0.3) is 0 Å². The molecule has 27 heavy (non-hydrogen) atoms. The molecule has 0 bridgehead atoms. The van der Waals surface area contributed by atoms with E-state index in [-0.39, 0.29) is 24.0 Å². The molecule has 2 heterocycles. The SMILES string of the molecule is CCNC(=NCCCn1cccn1)NCCCc1nc2c(s1)CCCC2.I. The third-order valence-electron chi connectivity index (χ3n) is 4.47. The molecule has 0 aromatic carbocycles. The maximum absolute atomic E-state index is 4.83. The molecule has 1 aliphatic carbocycles. The number of aliphatic imine (C=N–C) groups is 1. The molecule has 0 unspecified atom stereocenters. The first-order valence-corrected chi connectivity index (χ1v) is 10.6. The number of hydrogen-bond acceptors (Lipinski definition) is 4. The highest BCUT2D eigenvalue weighted by Gasteiger charge is 2.14. The Labute approximate surface area is 183 Å². The summed E-state index contributed by atoms with van der Waals surface area (Å²) in [5.74, 6) is 0.909. The zero-order valence-corrected chi connectivity index (χ0v) is 19.3. The van der Waals surface area contributed by atoms with Crippen LogP contribution in [0.1, 0.15) is 48.2 Å². The highest BCUT2D eigenvalue weighted by atomic mass is 127. The topological polar surface area (TPSA) is 67.1 Å². The molecule has 3 rings (SSSR count). The van der Waals surface area contributed by atoms with Gasteiger partial charge in [0.05, 0.1) is 10.7 Å². The molecule has 8 heteroatoms. The summed E-state index contributed by atoms with van der Waals surface area (Å²) in [4.78, 5) is 11.0. The Morgan fingerprint density at radius 1 is 1.26 bits per heavy atom. The average molecular weight is 502 g/mol. The van der Waals surface area contributed by atoms with E-state index in [9.17, 15) is 0 Å². The van der Waals surface area contributed by atoms with Crippen LogP contribution in [0.25, 0.3) is 0 Å². The smallest absolute Gasteiger partial charge is 0.191 e. The molecule has 0 saturated carbocycles. The number of nitrogens with zero attached hydrogens (tertiary/aromatic N) is 4. The van der Waals surface area contributed by atoms with E-state index in [0.29, 0.717) is 0 Å². The van der Waals surface area contributed by atoms with Crippen LogP contribution in [0, 0.1) is 0 Å². The van der Waals surface area contributed by atoms with Gasteiger partial charge in [-0.25, -0.2) is 4.98 Å². The van der Waals surface area contributed by atoms with E-state index in [1.165, 1.54) is 41.3 Å². The number of halogens is 1. The molecule has 0 saturated heterocycles. The minimum Gasteiger partial charge on any atom is -0.357 e. The van der Waals surface area contributed by atoms with E-state index >= 15 is 0 Å². The predicted octanol–water partition coefficient (Wildman–Crippen LogP) is 3.41. The minimum atomic E-state index is 0. The van der Waals surface area contributed by atoms with Crippen LogP contribution < -0.4 is 10.6 Å². The van der Waals surface area contributed by atoms with Crippen molar-refractivity contribution in [3.63, 3.8) is 0 Å². The Kier molecular flexibility index (Phi) is 10.1. The van der Waals surface area contributed by atoms with Crippen LogP contribution in [0.3, 0.4) is 0 Å². The molecular weight excluding hydrogens is 471 g/mol. The molecule has 2 N–H and O–H groups in total.